The summed E-state index contributed by atoms with van der Waals surface area (Å²) in [6, 6.07) is 3.50. The number of carbonyl (C=O) groups is 2. The maximum absolute atomic E-state index is 12.2. The van der Waals surface area contributed by atoms with E-state index >= 15 is 0 Å². The first-order chi connectivity index (χ1) is 14.6. The lowest BCUT2D eigenvalue weighted by Crippen LogP contribution is -2.64. The Morgan fingerprint density at radius 1 is 1.42 bits per heavy atom. The number of carbonyl (C=O) groups excluding carboxylic acids is 1. The van der Waals surface area contributed by atoms with Gasteiger partial charge in [0, 0.05) is 38.5 Å². The Morgan fingerprint density at radius 2 is 2.13 bits per heavy atom. The van der Waals surface area contributed by atoms with Crippen molar-refractivity contribution in [3.63, 3.8) is 0 Å². The summed E-state index contributed by atoms with van der Waals surface area (Å²) in [5.41, 5.74) is 11.2. The van der Waals surface area contributed by atoms with Gasteiger partial charge in [0.05, 0.1) is 0 Å². The van der Waals surface area contributed by atoms with E-state index in [0.29, 0.717) is 32.7 Å². The Balaban J connectivity index is 1.41. The van der Waals surface area contributed by atoms with E-state index in [2.05, 4.69) is 5.32 Å². The van der Waals surface area contributed by atoms with Gasteiger partial charge in [-0.05, 0) is 30.4 Å². The third-order valence-corrected chi connectivity index (χ3v) is 6.46. The molecule has 3 unspecified atom stereocenters. The van der Waals surface area contributed by atoms with E-state index in [1.54, 1.807) is 13.0 Å². The lowest BCUT2D eigenvalue weighted by atomic mass is 9.76. The molecule has 2 fully saturated rings. The zero-order valence-corrected chi connectivity index (χ0v) is 17.7. The molecule has 2 heterocycles. The number of carboxylic acids is 1. The van der Waals surface area contributed by atoms with Crippen molar-refractivity contribution in [2.75, 3.05) is 32.7 Å². The molecule has 1 amide bonds. The fourth-order valence-corrected chi connectivity index (χ4v) is 4.72. The first-order valence-corrected chi connectivity index (χ1v) is 10.5. The van der Waals surface area contributed by atoms with Crippen molar-refractivity contribution >= 4 is 19.0 Å². The fourth-order valence-electron chi connectivity index (χ4n) is 4.72. The van der Waals surface area contributed by atoms with E-state index in [1.807, 2.05) is 17.9 Å². The maximum Gasteiger partial charge on any atom is 0.526 e. The Kier molecular flexibility index (Phi) is 5.63. The highest BCUT2D eigenvalue weighted by molar-refractivity contribution is 6.48. The van der Waals surface area contributed by atoms with Crippen molar-refractivity contribution in [1.82, 2.24) is 10.2 Å². The number of hydrogen-bond acceptors (Lipinski definition) is 8. The van der Waals surface area contributed by atoms with Crippen LogP contribution in [-0.2, 0) is 4.79 Å². The second kappa shape index (κ2) is 7.97. The van der Waals surface area contributed by atoms with Gasteiger partial charge in [-0.15, -0.1) is 0 Å². The number of benzene rings is 1. The number of carboxylic acid groups (broad SMARTS) is 1. The molecule has 4 rings (SSSR count). The number of nitrogens with one attached hydrogen (secondary N) is 1. The van der Waals surface area contributed by atoms with Crippen molar-refractivity contribution < 1.29 is 29.1 Å². The summed E-state index contributed by atoms with van der Waals surface area (Å²) >= 11 is 0. The van der Waals surface area contributed by atoms with Crippen LogP contribution in [0.1, 0.15) is 35.7 Å². The third kappa shape index (κ3) is 3.98. The largest absolute Gasteiger partial charge is 0.535 e. The van der Waals surface area contributed by atoms with Crippen molar-refractivity contribution in [2.24, 2.45) is 17.4 Å². The Bertz CT molecular complexity index is 891. The molecule has 0 spiro atoms. The van der Waals surface area contributed by atoms with Crippen LogP contribution in [0.5, 0.6) is 11.5 Å². The number of hydrogen-bond donors (Lipinski definition) is 5. The van der Waals surface area contributed by atoms with Crippen LogP contribution >= 0.6 is 0 Å². The van der Waals surface area contributed by atoms with E-state index in [0.717, 1.165) is 5.56 Å². The molecule has 0 aromatic heterocycles. The summed E-state index contributed by atoms with van der Waals surface area (Å²) in [5, 5.41) is 22.7. The number of fused-ring (bicyclic) bond motifs is 3. The van der Waals surface area contributed by atoms with Gasteiger partial charge in [0.25, 0.3) is 0 Å². The van der Waals surface area contributed by atoms with Crippen LogP contribution in [0.3, 0.4) is 0 Å². The van der Waals surface area contributed by atoms with Crippen LogP contribution in [0.2, 0.25) is 5.82 Å². The summed E-state index contributed by atoms with van der Waals surface area (Å²) in [6.07, 6.45) is -0.236. The molecule has 0 radical (unpaired) electrons. The highest BCUT2D eigenvalue weighted by Gasteiger charge is 2.60. The quantitative estimate of drug-likeness (QED) is 0.332. The molecule has 168 valence electrons. The summed E-state index contributed by atoms with van der Waals surface area (Å²) in [4.78, 5) is 26.1. The summed E-state index contributed by atoms with van der Waals surface area (Å²) in [7, 11) is -1.01. The third-order valence-electron chi connectivity index (χ3n) is 6.46. The van der Waals surface area contributed by atoms with Crippen molar-refractivity contribution in [3.8, 4) is 11.5 Å². The molecule has 0 bridgehead atoms. The van der Waals surface area contributed by atoms with Crippen LogP contribution < -0.4 is 26.2 Å². The topological polar surface area (TPSA) is 160 Å². The van der Waals surface area contributed by atoms with Crippen molar-refractivity contribution in [2.45, 2.75) is 37.2 Å². The number of aromatic carboxylic acids is 1. The number of likely N-dealkylation sites (tertiary alicyclic amines) is 1. The van der Waals surface area contributed by atoms with Crippen molar-refractivity contribution in [1.29, 1.82) is 0 Å². The van der Waals surface area contributed by atoms with Crippen LogP contribution in [-0.4, -0.2) is 78.4 Å². The molecule has 1 aliphatic carbocycles. The predicted molar refractivity (Wildman–Crippen MR) is 113 cm³/mol. The molecule has 7 N–H and O–H groups in total. The SMILES string of the molecule is CC1C2B(O)Oc3c(ccc(OC4CN(C[C@](C)(N)C(=O)NCCN)C4)c3C(=O)O)C12. The normalized spacial score (nSPS) is 26.6. The molecule has 4 atom stereocenters. The molecule has 1 saturated carbocycles. The van der Waals surface area contributed by atoms with E-state index in [1.165, 1.54) is 0 Å². The first kappa shape index (κ1) is 21.9. The average Bonchev–Trinajstić information content (AvgIpc) is 3.35. The lowest BCUT2D eigenvalue weighted by molar-refractivity contribution is -0.127. The van der Waals surface area contributed by atoms with E-state index < -0.39 is 18.6 Å². The molecule has 31 heavy (non-hydrogen) atoms. The van der Waals surface area contributed by atoms with Gasteiger partial charge in [-0.1, -0.05) is 13.0 Å². The molecule has 1 saturated heterocycles. The second-order valence-corrected chi connectivity index (χ2v) is 9.03. The van der Waals surface area contributed by atoms with Crippen LogP contribution in [0, 0.1) is 5.92 Å². The standard InChI is InChI=1S/C20H29BN4O6/c1-10-14-12-3-4-13(15(18(26)27)17(12)31-21(29)16(10)14)30-11-7-25(8-11)9-20(2,23)19(28)24-6-5-22/h3-4,10-11,14,16,29H,5-9,22-23H2,1-2H3,(H,24,28)(H,26,27)/t10?,14?,16?,20-/m0/s1. The van der Waals surface area contributed by atoms with Gasteiger partial charge in [-0.3, -0.25) is 9.69 Å². The molecule has 3 aliphatic rings. The number of rotatable bonds is 8. The minimum atomic E-state index is -1.16. The number of ether oxygens (including phenoxy) is 1. The monoisotopic (exact) mass is 432 g/mol. The van der Waals surface area contributed by atoms with Crippen LogP contribution in [0.25, 0.3) is 0 Å². The van der Waals surface area contributed by atoms with Gasteiger partial charge in [0.2, 0.25) is 5.91 Å². The van der Waals surface area contributed by atoms with Gasteiger partial charge < -0.3 is 36.3 Å². The average molecular weight is 432 g/mol. The van der Waals surface area contributed by atoms with E-state index in [4.69, 9.17) is 20.9 Å². The summed E-state index contributed by atoms with van der Waals surface area (Å²) < 4.78 is 11.5. The van der Waals surface area contributed by atoms with Gasteiger partial charge in [0.15, 0.2) is 0 Å². The predicted octanol–water partition coefficient (Wildman–Crippen LogP) is -0.783. The minimum absolute atomic E-state index is 0.00808. The zero-order valence-electron chi connectivity index (χ0n) is 17.7. The molecular weight excluding hydrogens is 403 g/mol. The summed E-state index contributed by atoms with van der Waals surface area (Å²) in [5.74, 6) is -0.651. The Morgan fingerprint density at radius 3 is 2.77 bits per heavy atom. The lowest BCUT2D eigenvalue weighted by Gasteiger charge is -2.42. The minimum Gasteiger partial charge on any atom is -0.535 e. The highest BCUT2D eigenvalue weighted by atomic mass is 16.5. The summed E-state index contributed by atoms with van der Waals surface area (Å²) in [6.45, 7) is 5.76. The number of nitrogens with zero attached hydrogens (tertiary/aromatic N) is 1. The molecule has 2 aliphatic heterocycles. The zero-order chi connectivity index (χ0) is 22.5. The van der Waals surface area contributed by atoms with Gasteiger partial charge in [-0.2, -0.15) is 0 Å². The number of amides is 1. The first-order valence-electron chi connectivity index (χ1n) is 10.5. The highest BCUT2D eigenvalue weighted by Crippen LogP contribution is 2.65. The maximum atomic E-state index is 12.2. The molecule has 1 aromatic carbocycles. The molecular formula is C20H29BN4O6. The Labute approximate surface area is 181 Å². The Hall–Kier alpha value is -2.34. The van der Waals surface area contributed by atoms with E-state index in [9.17, 15) is 19.7 Å². The van der Waals surface area contributed by atoms with Crippen LogP contribution in [0.4, 0.5) is 0 Å². The van der Waals surface area contributed by atoms with Gasteiger partial charge in [0.1, 0.15) is 28.7 Å². The molecule has 10 nitrogen and oxygen atoms in total. The second-order valence-electron chi connectivity index (χ2n) is 9.03. The van der Waals surface area contributed by atoms with Gasteiger partial charge >= 0.3 is 13.1 Å². The smallest absolute Gasteiger partial charge is 0.526 e. The van der Waals surface area contributed by atoms with E-state index in [-0.39, 0.29) is 46.7 Å². The fraction of sp³-hybridized carbons (Fsp3) is 0.600. The van der Waals surface area contributed by atoms with Crippen LogP contribution in [0.15, 0.2) is 12.1 Å². The molecule has 1 aromatic rings. The molecule has 11 heteroatoms. The number of nitrogens with two attached hydrogens (primary N) is 2. The van der Waals surface area contributed by atoms with Gasteiger partial charge in [-0.25, -0.2) is 4.79 Å². The van der Waals surface area contributed by atoms with Crippen molar-refractivity contribution in [3.05, 3.63) is 23.3 Å².